The SMILES string of the molecule is O=C(O)C1Cc2c(sc3ccccc23)C(c2ccccc2)N1. The molecular weight excluding hydrogens is 294 g/mol. The van der Waals surface area contributed by atoms with Gasteiger partial charge >= 0.3 is 5.97 Å². The molecule has 2 aromatic carbocycles. The summed E-state index contributed by atoms with van der Waals surface area (Å²) >= 11 is 1.76. The summed E-state index contributed by atoms with van der Waals surface area (Å²) in [7, 11) is 0. The van der Waals surface area contributed by atoms with E-state index in [1.807, 2.05) is 30.3 Å². The zero-order valence-electron chi connectivity index (χ0n) is 11.8. The van der Waals surface area contributed by atoms with Crippen LogP contribution in [0.25, 0.3) is 10.1 Å². The molecular formula is C18H15NO2S. The van der Waals surface area contributed by atoms with Crippen molar-refractivity contribution in [2.24, 2.45) is 0 Å². The molecule has 0 saturated carbocycles. The quantitative estimate of drug-likeness (QED) is 0.760. The molecule has 0 saturated heterocycles. The van der Waals surface area contributed by atoms with E-state index in [1.54, 1.807) is 11.3 Å². The Hall–Kier alpha value is -2.17. The van der Waals surface area contributed by atoms with E-state index in [4.69, 9.17) is 0 Å². The van der Waals surface area contributed by atoms with Crippen molar-refractivity contribution in [3.8, 4) is 0 Å². The zero-order valence-corrected chi connectivity index (χ0v) is 12.6. The summed E-state index contributed by atoms with van der Waals surface area (Å²) in [6, 6.07) is 17.7. The first kappa shape index (κ1) is 13.5. The summed E-state index contributed by atoms with van der Waals surface area (Å²) in [6.45, 7) is 0. The van der Waals surface area contributed by atoms with Gasteiger partial charge in [-0.3, -0.25) is 10.1 Å². The van der Waals surface area contributed by atoms with Crippen molar-refractivity contribution in [2.75, 3.05) is 0 Å². The number of hydrogen-bond acceptors (Lipinski definition) is 3. The lowest BCUT2D eigenvalue weighted by Gasteiger charge is -2.29. The molecule has 22 heavy (non-hydrogen) atoms. The Morgan fingerprint density at radius 1 is 1.09 bits per heavy atom. The number of fused-ring (bicyclic) bond motifs is 3. The number of rotatable bonds is 2. The first-order chi connectivity index (χ1) is 10.7. The summed E-state index contributed by atoms with van der Waals surface area (Å²) in [5.74, 6) is -0.790. The van der Waals surface area contributed by atoms with Crippen molar-refractivity contribution < 1.29 is 9.90 Å². The van der Waals surface area contributed by atoms with Crippen LogP contribution in [0, 0.1) is 0 Å². The highest BCUT2D eigenvalue weighted by atomic mass is 32.1. The van der Waals surface area contributed by atoms with E-state index in [1.165, 1.54) is 20.5 Å². The van der Waals surface area contributed by atoms with Gasteiger partial charge in [0.25, 0.3) is 0 Å². The van der Waals surface area contributed by atoms with Crippen LogP contribution in [0.3, 0.4) is 0 Å². The molecule has 3 aromatic rings. The molecule has 110 valence electrons. The van der Waals surface area contributed by atoms with Gasteiger partial charge in [-0.2, -0.15) is 0 Å². The lowest BCUT2D eigenvalue weighted by molar-refractivity contribution is -0.139. The number of benzene rings is 2. The molecule has 1 aliphatic heterocycles. The third kappa shape index (κ3) is 2.12. The van der Waals surface area contributed by atoms with Crippen LogP contribution in [-0.4, -0.2) is 17.1 Å². The molecule has 2 N–H and O–H groups in total. The van der Waals surface area contributed by atoms with Crippen LogP contribution >= 0.6 is 11.3 Å². The minimum atomic E-state index is -0.790. The molecule has 0 radical (unpaired) electrons. The first-order valence-electron chi connectivity index (χ1n) is 7.28. The summed E-state index contributed by atoms with van der Waals surface area (Å²) in [5.41, 5.74) is 2.29. The lowest BCUT2D eigenvalue weighted by atomic mass is 9.91. The van der Waals surface area contributed by atoms with E-state index in [0.717, 1.165) is 5.56 Å². The average Bonchev–Trinajstić information content (AvgIpc) is 2.93. The van der Waals surface area contributed by atoms with Crippen molar-refractivity contribution in [3.05, 3.63) is 70.6 Å². The minimum absolute atomic E-state index is 0.0524. The molecule has 0 aliphatic carbocycles. The second-order valence-corrected chi connectivity index (χ2v) is 6.63. The topological polar surface area (TPSA) is 49.3 Å². The average molecular weight is 309 g/mol. The van der Waals surface area contributed by atoms with Gasteiger partial charge in [0, 0.05) is 16.0 Å². The van der Waals surface area contributed by atoms with Crippen molar-refractivity contribution in [1.82, 2.24) is 5.32 Å². The van der Waals surface area contributed by atoms with Gasteiger partial charge in [0.15, 0.2) is 0 Å². The Bertz CT molecular complexity index is 841. The largest absolute Gasteiger partial charge is 0.480 e. The van der Waals surface area contributed by atoms with Gasteiger partial charge in [-0.05, 0) is 22.6 Å². The van der Waals surface area contributed by atoms with Crippen molar-refractivity contribution in [2.45, 2.75) is 18.5 Å². The fourth-order valence-electron chi connectivity index (χ4n) is 3.15. The predicted molar refractivity (Wildman–Crippen MR) is 88.4 cm³/mol. The van der Waals surface area contributed by atoms with Crippen LogP contribution < -0.4 is 5.32 Å². The molecule has 4 heteroatoms. The van der Waals surface area contributed by atoms with Crippen LogP contribution in [0.4, 0.5) is 0 Å². The van der Waals surface area contributed by atoms with Gasteiger partial charge < -0.3 is 5.11 Å². The van der Waals surface area contributed by atoms with Crippen molar-refractivity contribution >= 4 is 27.4 Å². The normalized spacial score (nSPS) is 20.7. The molecule has 2 heterocycles. The van der Waals surface area contributed by atoms with Gasteiger partial charge in [0.1, 0.15) is 6.04 Å². The smallest absolute Gasteiger partial charge is 0.321 e. The highest BCUT2D eigenvalue weighted by molar-refractivity contribution is 7.19. The van der Waals surface area contributed by atoms with Crippen molar-refractivity contribution in [3.63, 3.8) is 0 Å². The fourth-order valence-corrected chi connectivity index (χ4v) is 4.48. The second-order valence-electron chi connectivity index (χ2n) is 5.55. The van der Waals surface area contributed by atoms with E-state index in [0.29, 0.717) is 6.42 Å². The van der Waals surface area contributed by atoms with E-state index in [2.05, 4.69) is 29.6 Å². The van der Waals surface area contributed by atoms with E-state index in [-0.39, 0.29) is 6.04 Å². The van der Waals surface area contributed by atoms with Gasteiger partial charge in [-0.15, -0.1) is 11.3 Å². The van der Waals surface area contributed by atoms with Crippen molar-refractivity contribution in [1.29, 1.82) is 0 Å². The minimum Gasteiger partial charge on any atom is -0.480 e. The van der Waals surface area contributed by atoms with E-state index < -0.39 is 12.0 Å². The highest BCUT2D eigenvalue weighted by Crippen LogP contribution is 2.41. The van der Waals surface area contributed by atoms with Gasteiger partial charge in [0.2, 0.25) is 0 Å². The van der Waals surface area contributed by atoms with Gasteiger partial charge in [-0.1, -0.05) is 48.5 Å². The maximum Gasteiger partial charge on any atom is 0.321 e. The van der Waals surface area contributed by atoms with Crippen LogP contribution in [0.2, 0.25) is 0 Å². The first-order valence-corrected chi connectivity index (χ1v) is 8.10. The number of thiophene rings is 1. The Kier molecular flexibility index (Phi) is 3.21. The molecule has 0 amide bonds. The van der Waals surface area contributed by atoms with Crippen LogP contribution in [0.5, 0.6) is 0 Å². The fraction of sp³-hybridized carbons (Fsp3) is 0.167. The Balaban J connectivity index is 1.91. The maximum absolute atomic E-state index is 11.5. The molecule has 0 bridgehead atoms. The van der Waals surface area contributed by atoms with E-state index in [9.17, 15) is 9.90 Å². The predicted octanol–water partition coefficient (Wildman–Crippen LogP) is 3.59. The molecule has 3 nitrogen and oxygen atoms in total. The standard InChI is InChI=1S/C18H15NO2S/c20-18(21)14-10-13-12-8-4-5-9-15(12)22-17(13)16(19-14)11-6-2-1-3-7-11/h1-9,14,16,19H,10H2,(H,20,21). The summed E-state index contributed by atoms with van der Waals surface area (Å²) in [4.78, 5) is 12.8. The summed E-state index contributed by atoms with van der Waals surface area (Å²) < 4.78 is 1.22. The van der Waals surface area contributed by atoms with E-state index >= 15 is 0 Å². The van der Waals surface area contributed by atoms with Crippen LogP contribution in [-0.2, 0) is 11.2 Å². The molecule has 4 rings (SSSR count). The number of carboxylic acid groups (broad SMARTS) is 1. The molecule has 1 aromatic heterocycles. The Morgan fingerprint density at radius 2 is 1.82 bits per heavy atom. The number of carboxylic acids is 1. The monoisotopic (exact) mass is 309 g/mol. The lowest BCUT2D eigenvalue weighted by Crippen LogP contribution is -2.44. The summed E-state index contributed by atoms with van der Waals surface area (Å²) in [5, 5.41) is 14.0. The second kappa shape index (κ2) is 5.23. The Labute approximate surface area is 132 Å². The molecule has 2 unspecified atom stereocenters. The van der Waals surface area contributed by atoms with Crippen LogP contribution in [0.1, 0.15) is 22.0 Å². The number of aliphatic carboxylic acids is 1. The molecule has 0 spiro atoms. The number of hydrogen-bond donors (Lipinski definition) is 2. The number of carbonyl (C=O) groups is 1. The maximum atomic E-state index is 11.5. The third-order valence-corrected chi connectivity index (χ3v) is 5.48. The third-order valence-electron chi connectivity index (χ3n) is 4.20. The van der Waals surface area contributed by atoms with Gasteiger partial charge in [-0.25, -0.2) is 0 Å². The Morgan fingerprint density at radius 3 is 2.59 bits per heavy atom. The molecule has 1 aliphatic rings. The molecule has 2 atom stereocenters. The highest BCUT2D eigenvalue weighted by Gasteiger charge is 2.33. The summed E-state index contributed by atoms with van der Waals surface area (Å²) in [6.07, 6.45) is 0.540. The zero-order chi connectivity index (χ0) is 15.1. The van der Waals surface area contributed by atoms with Crippen LogP contribution in [0.15, 0.2) is 54.6 Å². The number of nitrogens with one attached hydrogen (secondary N) is 1. The van der Waals surface area contributed by atoms with Gasteiger partial charge in [0.05, 0.1) is 6.04 Å². The molecule has 0 fully saturated rings.